The first-order chi connectivity index (χ1) is 12.9. The van der Waals surface area contributed by atoms with Crippen LogP contribution in [-0.4, -0.2) is 19.0 Å². The lowest BCUT2D eigenvalue weighted by atomic mass is 10.1. The molecule has 1 saturated heterocycles. The molecule has 6 heteroatoms. The Hall–Kier alpha value is -2.76. The monoisotopic (exact) mass is 374 g/mol. The minimum absolute atomic E-state index is 0.189. The van der Waals surface area contributed by atoms with Crippen LogP contribution in [0.4, 0.5) is 24.5 Å². The van der Waals surface area contributed by atoms with Gasteiger partial charge in [0, 0.05) is 19.2 Å². The van der Waals surface area contributed by atoms with Gasteiger partial charge in [0.05, 0.1) is 16.9 Å². The van der Waals surface area contributed by atoms with Crippen LogP contribution in [0.5, 0.6) is 0 Å². The Labute approximate surface area is 156 Å². The number of carbonyl (C=O) groups is 1. The quantitative estimate of drug-likeness (QED) is 0.732. The summed E-state index contributed by atoms with van der Waals surface area (Å²) in [6.07, 6.45) is 1.59. The number of amides is 1. The van der Waals surface area contributed by atoms with Crippen molar-refractivity contribution in [2.45, 2.75) is 25.4 Å². The van der Waals surface area contributed by atoms with Crippen LogP contribution in [0.1, 0.15) is 30.4 Å². The van der Waals surface area contributed by atoms with Gasteiger partial charge in [0.2, 0.25) is 5.91 Å². The second kappa shape index (κ2) is 8.29. The fourth-order valence-corrected chi connectivity index (χ4v) is 3.13. The highest BCUT2D eigenvalue weighted by molar-refractivity contribution is 6.03. The molecule has 142 valence electrons. The molecule has 0 aromatic heterocycles. The highest BCUT2D eigenvalue weighted by Gasteiger charge is 2.31. The normalized spacial score (nSPS) is 15.1. The van der Waals surface area contributed by atoms with Crippen LogP contribution in [0.25, 0.3) is 6.08 Å². The third-order valence-electron chi connectivity index (χ3n) is 4.51. The van der Waals surface area contributed by atoms with E-state index in [2.05, 4.69) is 5.32 Å². The molecule has 1 heterocycles. The molecule has 0 saturated carbocycles. The maximum atomic E-state index is 13.1. The Morgan fingerprint density at radius 1 is 1.00 bits per heavy atom. The Morgan fingerprint density at radius 2 is 1.70 bits per heavy atom. The number of hydrogen-bond donors (Lipinski definition) is 1. The van der Waals surface area contributed by atoms with Crippen molar-refractivity contribution >= 4 is 23.4 Å². The fourth-order valence-electron chi connectivity index (χ4n) is 3.13. The lowest BCUT2D eigenvalue weighted by Crippen LogP contribution is -2.30. The highest BCUT2D eigenvalue weighted by Crippen LogP contribution is 2.36. The van der Waals surface area contributed by atoms with Gasteiger partial charge in [0.15, 0.2) is 0 Å². The van der Waals surface area contributed by atoms with E-state index in [4.69, 9.17) is 0 Å². The van der Waals surface area contributed by atoms with E-state index in [1.807, 2.05) is 35.2 Å². The molecule has 1 amide bonds. The summed E-state index contributed by atoms with van der Waals surface area (Å²) in [5, 5.41) is 2.62. The number of carbonyl (C=O) groups excluding carboxylic acids is 1. The minimum Gasteiger partial charge on any atom is -0.370 e. The summed E-state index contributed by atoms with van der Waals surface area (Å²) in [5.74, 6) is -0.462. The molecule has 1 aliphatic heterocycles. The molecular weight excluding hydrogens is 353 g/mol. The lowest BCUT2D eigenvalue weighted by Gasteiger charge is -2.31. The van der Waals surface area contributed by atoms with Gasteiger partial charge in [-0.1, -0.05) is 30.3 Å². The molecular formula is C21H21F3N2O. The zero-order valence-corrected chi connectivity index (χ0v) is 14.8. The number of rotatable bonds is 4. The van der Waals surface area contributed by atoms with Gasteiger partial charge < -0.3 is 10.2 Å². The van der Waals surface area contributed by atoms with Gasteiger partial charge in [-0.15, -0.1) is 0 Å². The molecule has 27 heavy (non-hydrogen) atoms. The number of nitrogens with zero attached hydrogens (tertiary/aromatic N) is 1. The summed E-state index contributed by atoms with van der Waals surface area (Å²) in [7, 11) is 0. The molecule has 0 radical (unpaired) electrons. The van der Waals surface area contributed by atoms with Crippen LogP contribution in [0.2, 0.25) is 0 Å². The largest absolute Gasteiger partial charge is 0.416 e. The van der Waals surface area contributed by atoms with Crippen LogP contribution in [-0.2, 0) is 11.0 Å². The number of benzene rings is 2. The van der Waals surface area contributed by atoms with Crippen LogP contribution in [0.15, 0.2) is 54.6 Å². The van der Waals surface area contributed by atoms with Gasteiger partial charge in [-0.3, -0.25) is 4.79 Å². The summed E-state index contributed by atoms with van der Waals surface area (Å²) >= 11 is 0. The Bertz CT molecular complexity index is 810. The van der Waals surface area contributed by atoms with E-state index in [9.17, 15) is 18.0 Å². The molecule has 2 aromatic rings. The lowest BCUT2D eigenvalue weighted by molar-refractivity contribution is -0.137. The summed E-state index contributed by atoms with van der Waals surface area (Å²) in [5.41, 5.74) is 0.886. The van der Waals surface area contributed by atoms with Crippen molar-refractivity contribution in [2.75, 3.05) is 23.3 Å². The molecule has 3 nitrogen and oxygen atoms in total. The van der Waals surface area contributed by atoms with Crippen molar-refractivity contribution in [1.29, 1.82) is 0 Å². The van der Waals surface area contributed by atoms with Crippen molar-refractivity contribution in [3.8, 4) is 0 Å². The summed E-state index contributed by atoms with van der Waals surface area (Å²) < 4.78 is 39.3. The van der Waals surface area contributed by atoms with E-state index in [1.54, 1.807) is 6.08 Å². The van der Waals surface area contributed by atoms with Gasteiger partial charge in [-0.25, -0.2) is 0 Å². The first kappa shape index (κ1) is 19.0. The number of halogens is 3. The average molecular weight is 374 g/mol. The number of anilines is 2. The number of hydrogen-bond acceptors (Lipinski definition) is 2. The van der Waals surface area contributed by atoms with Crippen molar-refractivity contribution in [2.24, 2.45) is 0 Å². The van der Waals surface area contributed by atoms with Crippen LogP contribution >= 0.6 is 0 Å². The van der Waals surface area contributed by atoms with Gasteiger partial charge in [0.1, 0.15) is 0 Å². The Balaban J connectivity index is 1.84. The summed E-state index contributed by atoms with van der Waals surface area (Å²) in [6.45, 7) is 1.54. The average Bonchev–Trinajstić information content (AvgIpc) is 2.67. The predicted molar refractivity (Wildman–Crippen MR) is 102 cm³/mol. The van der Waals surface area contributed by atoms with Gasteiger partial charge in [-0.05, 0) is 49.1 Å². The van der Waals surface area contributed by atoms with Gasteiger partial charge in [-0.2, -0.15) is 13.2 Å². The molecule has 1 aliphatic rings. The Morgan fingerprint density at radius 3 is 2.37 bits per heavy atom. The van der Waals surface area contributed by atoms with Gasteiger partial charge in [0.25, 0.3) is 0 Å². The smallest absolute Gasteiger partial charge is 0.370 e. The highest BCUT2D eigenvalue weighted by atomic mass is 19.4. The van der Waals surface area contributed by atoms with Crippen molar-refractivity contribution in [3.63, 3.8) is 0 Å². The van der Waals surface area contributed by atoms with Crippen molar-refractivity contribution < 1.29 is 18.0 Å². The maximum absolute atomic E-state index is 13.1. The first-order valence-electron chi connectivity index (χ1n) is 8.94. The van der Waals surface area contributed by atoms with Crippen LogP contribution in [0.3, 0.4) is 0 Å². The second-order valence-corrected chi connectivity index (χ2v) is 6.51. The maximum Gasteiger partial charge on any atom is 0.416 e. The van der Waals surface area contributed by atoms with E-state index >= 15 is 0 Å². The SMILES string of the molecule is O=C(/C=C/c1ccccc1)Nc1cc(C(F)(F)F)ccc1N1CCCCC1. The fraction of sp³-hybridized carbons (Fsp3) is 0.286. The van der Waals surface area contributed by atoms with Crippen LogP contribution < -0.4 is 10.2 Å². The minimum atomic E-state index is -4.46. The number of nitrogens with one attached hydrogen (secondary N) is 1. The molecule has 0 spiro atoms. The third-order valence-corrected chi connectivity index (χ3v) is 4.51. The molecule has 0 atom stereocenters. The van der Waals surface area contributed by atoms with E-state index in [1.165, 1.54) is 12.1 Å². The van der Waals surface area contributed by atoms with E-state index in [-0.39, 0.29) is 5.69 Å². The topological polar surface area (TPSA) is 32.3 Å². The van der Waals surface area contributed by atoms with Gasteiger partial charge >= 0.3 is 6.18 Å². The second-order valence-electron chi connectivity index (χ2n) is 6.51. The molecule has 1 N–H and O–H groups in total. The molecule has 1 fully saturated rings. The van der Waals surface area contributed by atoms with E-state index < -0.39 is 17.6 Å². The molecule has 0 bridgehead atoms. The van der Waals surface area contributed by atoms with Crippen molar-refractivity contribution in [3.05, 3.63) is 65.7 Å². The van der Waals surface area contributed by atoms with Crippen molar-refractivity contribution in [1.82, 2.24) is 0 Å². The number of piperidine rings is 1. The van der Waals surface area contributed by atoms with E-state index in [0.717, 1.165) is 50.0 Å². The van der Waals surface area contributed by atoms with Crippen LogP contribution in [0, 0.1) is 0 Å². The first-order valence-corrected chi connectivity index (χ1v) is 8.94. The molecule has 0 aliphatic carbocycles. The molecule has 0 unspecified atom stereocenters. The third kappa shape index (κ3) is 5.12. The molecule has 3 rings (SSSR count). The molecule has 2 aromatic carbocycles. The Kier molecular flexibility index (Phi) is 5.84. The zero-order valence-electron chi connectivity index (χ0n) is 14.8. The summed E-state index contributed by atoms with van der Waals surface area (Å²) in [6, 6.07) is 12.8. The predicted octanol–water partition coefficient (Wildman–Crippen LogP) is 5.35. The number of alkyl halides is 3. The zero-order chi connectivity index (χ0) is 19.3. The standard InChI is InChI=1S/C21H21F3N2O/c22-21(23,24)17-10-11-19(26-13-5-2-6-14-26)18(15-17)25-20(27)12-9-16-7-3-1-4-8-16/h1,3-4,7-12,15H,2,5-6,13-14H2,(H,25,27)/b12-9+. The van der Waals surface area contributed by atoms with E-state index in [0.29, 0.717) is 5.69 Å². The summed E-state index contributed by atoms with van der Waals surface area (Å²) in [4.78, 5) is 14.3.